The van der Waals surface area contributed by atoms with E-state index in [1.807, 2.05) is 29.7 Å². The van der Waals surface area contributed by atoms with Crippen LogP contribution in [0.2, 0.25) is 5.02 Å². The molecule has 0 bridgehead atoms. The van der Waals surface area contributed by atoms with Gasteiger partial charge in [-0.3, -0.25) is 10.1 Å². The van der Waals surface area contributed by atoms with Crippen LogP contribution in [0.4, 0.5) is 18.0 Å². The number of cyclic esters (lactones) is 1. The number of amides is 2. The van der Waals surface area contributed by atoms with Gasteiger partial charge >= 0.3 is 12.5 Å². The van der Waals surface area contributed by atoms with Gasteiger partial charge in [0.05, 0.1) is 5.52 Å². The highest BCUT2D eigenvalue weighted by Gasteiger charge is 2.46. The second-order valence-corrected chi connectivity index (χ2v) is 9.29. The van der Waals surface area contributed by atoms with Gasteiger partial charge in [0.15, 0.2) is 0 Å². The van der Waals surface area contributed by atoms with Gasteiger partial charge in [-0.25, -0.2) is 4.79 Å². The van der Waals surface area contributed by atoms with Crippen LogP contribution in [0.3, 0.4) is 0 Å². The molecule has 1 aliphatic rings. The van der Waals surface area contributed by atoms with Gasteiger partial charge in [0.1, 0.15) is 5.75 Å². The maximum absolute atomic E-state index is 13.0. The van der Waals surface area contributed by atoms with Crippen LogP contribution >= 0.6 is 11.6 Å². The number of halogens is 4. The summed E-state index contributed by atoms with van der Waals surface area (Å²) in [5.74, 6) is -0.909. The SMILES string of the molecule is Cc1c(-c2ccc(Cl)cc2)c2ccc(OC(F)(F)F)cc2n1Cc1cccc([C@@]2(C)OC(=O)NC2=O)c1. The van der Waals surface area contributed by atoms with E-state index in [0.29, 0.717) is 16.1 Å². The van der Waals surface area contributed by atoms with E-state index in [1.165, 1.54) is 19.1 Å². The maximum atomic E-state index is 13.0. The summed E-state index contributed by atoms with van der Waals surface area (Å²) in [6.45, 7) is 3.65. The number of fused-ring (bicyclic) bond motifs is 1. The lowest BCUT2D eigenvalue weighted by Gasteiger charge is -2.20. The van der Waals surface area contributed by atoms with E-state index in [1.54, 1.807) is 36.4 Å². The quantitative estimate of drug-likeness (QED) is 0.313. The van der Waals surface area contributed by atoms with E-state index < -0.39 is 24.0 Å². The fourth-order valence-electron chi connectivity index (χ4n) is 4.65. The third-order valence-electron chi connectivity index (χ3n) is 6.43. The number of alkyl halides is 3. The summed E-state index contributed by atoms with van der Waals surface area (Å²) < 4.78 is 50.2. The summed E-state index contributed by atoms with van der Waals surface area (Å²) in [4.78, 5) is 24.0. The van der Waals surface area contributed by atoms with E-state index in [2.05, 4.69) is 10.1 Å². The van der Waals surface area contributed by atoms with E-state index >= 15 is 0 Å². The lowest BCUT2D eigenvalue weighted by molar-refractivity contribution is -0.274. The van der Waals surface area contributed by atoms with Gasteiger partial charge in [-0.15, -0.1) is 13.2 Å². The van der Waals surface area contributed by atoms with Gasteiger partial charge in [-0.2, -0.15) is 0 Å². The molecule has 1 N–H and O–H groups in total. The molecule has 0 radical (unpaired) electrons. The van der Waals surface area contributed by atoms with Gasteiger partial charge in [-0.05, 0) is 55.3 Å². The Balaban J connectivity index is 1.63. The van der Waals surface area contributed by atoms with Crippen molar-refractivity contribution >= 4 is 34.5 Å². The summed E-state index contributed by atoms with van der Waals surface area (Å²) in [5, 5.41) is 3.44. The van der Waals surface area contributed by atoms with Crippen molar-refractivity contribution in [2.75, 3.05) is 0 Å². The molecular weight excluding hydrogens is 509 g/mol. The molecule has 1 saturated heterocycles. The van der Waals surface area contributed by atoms with Gasteiger partial charge in [0.25, 0.3) is 5.91 Å². The van der Waals surface area contributed by atoms with Crippen LogP contribution < -0.4 is 10.1 Å². The third-order valence-corrected chi connectivity index (χ3v) is 6.68. The zero-order chi connectivity index (χ0) is 26.5. The highest BCUT2D eigenvalue weighted by molar-refractivity contribution is 6.30. The number of carbonyl (C=O) groups is 2. The average molecular weight is 529 g/mol. The Morgan fingerprint density at radius 3 is 2.43 bits per heavy atom. The highest BCUT2D eigenvalue weighted by Crippen LogP contribution is 2.38. The van der Waals surface area contributed by atoms with Crippen molar-refractivity contribution in [2.45, 2.75) is 32.4 Å². The first-order valence-corrected chi connectivity index (χ1v) is 11.6. The number of rotatable bonds is 5. The monoisotopic (exact) mass is 528 g/mol. The molecule has 3 aromatic carbocycles. The molecule has 2 amide bonds. The van der Waals surface area contributed by atoms with E-state index in [9.17, 15) is 22.8 Å². The molecule has 2 heterocycles. The van der Waals surface area contributed by atoms with Crippen molar-refractivity contribution in [3.05, 3.63) is 88.6 Å². The van der Waals surface area contributed by atoms with Crippen LogP contribution in [0.5, 0.6) is 5.75 Å². The number of ether oxygens (including phenoxy) is 2. The van der Waals surface area contributed by atoms with Crippen LogP contribution in [-0.2, 0) is 21.7 Å². The minimum Gasteiger partial charge on any atom is -0.428 e. The van der Waals surface area contributed by atoms with E-state index in [-0.39, 0.29) is 12.3 Å². The molecule has 0 aliphatic carbocycles. The van der Waals surface area contributed by atoms with Crippen molar-refractivity contribution in [3.8, 4) is 16.9 Å². The molecule has 1 aromatic heterocycles. The Morgan fingerprint density at radius 2 is 1.78 bits per heavy atom. The lowest BCUT2D eigenvalue weighted by Crippen LogP contribution is -2.33. The van der Waals surface area contributed by atoms with Crippen molar-refractivity contribution in [2.24, 2.45) is 0 Å². The minimum absolute atomic E-state index is 0.269. The number of carbonyl (C=O) groups excluding carboxylic acids is 2. The average Bonchev–Trinajstić information content (AvgIpc) is 3.25. The first-order valence-electron chi connectivity index (χ1n) is 11.2. The second-order valence-electron chi connectivity index (χ2n) is 8.86. The molecule has 1 atom stereocenters. The number of hydrogen-bond donors (Lipinski definition) is 1. The largest absolute Gasteiger partial charge is 0.573 e. The highest BCUT2D eigenvalue weighted by atomic mass is 35.5. The van der Waals surface area contributed by atoms with Crippen LogP contribution in [0.25, 0.3) is 22.0 Å². The van der Waals surface area contributed by atoms with Crippen LogP contribution in [0.1, 0.15) is 23.7 Å². The smallest absolute Gasteiger partial charge is 0.428 e. The van der Waals surface area contributed by atoms with Crippen LogP contribution in [0.15, 0.2) is 66.7 Å². The van der Waals surface area contributed by atoms with Gasteiger partial charge in [-0.1, -0.05) is 41.9 Å². The Labute approximate surface area is 214 Å². The van der Waals surface area contributed by atoms with Gasteiger partial charge in [0, 0.05) is 39.8 Å². The Bertz CT molecular complexity index is 1550. The standard InChI is InChI=1S/C27H20ClF3N2O4/c1-15-23(17-6-8-19(28)9-7-17)21-11-10-20(36-27(29,30)31)13-22(21)33(15)14-16-4-3-5-18(12-16)26(2)24(34)32-25(35)37-26/h3-13H,14H2,1-2H3,(H,32,34,35)/t26-/m1/s1. The number of nitrogens with zero attached hydrogens (tertiary/aromatic N) is 1. The molecule has 37 heavy (non-hydrogen) atoms. The number of alkyl carbamates (subject to hydrolysis) is 1. The molecule has 0 unspecified atom stereocenters. The number of aromatic nitrogens is 1. The molecule has 1 fully saturated rings. The Morgan fingerprint density at radius 1 is 1.05 bits per heavy atom. The molecule has 0 saturated carbocycles. The molecule has 1 aliphatic heterocycles. The normalized spacial score (nSPS) is 17.7. The van der Waals surface area contributed by atoms with Crippen molar-refractivity contribution in [1.29, 1.82) is 0 Å². The number of benzene rings is 3. The summed E-state index contributed by atoms with van der Waals surface area (Å²) in [7, 11) is 0. The molecule has 4 aromatic rings. The van der Waals surface area contributed by atoms with E-state index in [4.69, 9.17) is 16.3 Å². The van der Waals surface area contributed by atoms with Crippen molar-refractivity contribution in [3.63, 3.8) is 0 Å². The molecule has 10 heteroatoms. The fraction of sp³-hybridized carbons (Fsp3) is 0.185. The third kappa shape index (κ3) is 4.62. The summed E-state index contributed by atoms with van der Waals surface area (Å²) in [6.07, 6.45) is -5.66. The van der Waals surface area contributed by atoms with Crippen LogP contribution in [-0.4, -0.2) is 22.9 Å². The zero-order valence-corrected chi connectivity index (χ0v) is 20.4. The lowest BCUT2D eigenvalue weighted by atomic mass is 9.94. The molecule has 190 valence electrons. The van der Waals surface area contributed by atoms with Gasteiger partial charge in [0.2, 0.25) is 5.60 Å². The van der Waals surface area contributed by atoms with Crippen molar-refractivity contribution in [1.82, 2.24) is 9.88 Å². The molecule has 6 nitrogen and oxygen atoms in total. The number of nitrogens with one attached hydrogen (secondary N) is 1. The predicted molar refractivity (Wildman–Crippen MR) is 131 cm³/mol. The molecule has 5 rings (SSSR count). The summed E-state index contributed by atoms with van der Waals surface area (Å²) >= 11 is 6.06. The molecule has 0 spiro atoms. The first kappa shape index (κ1) is 24.7. The number of hydrogen-bond acceptors (Lipinski definition) is 4. The summed E-state index contributed by atoms with van der Waals surface area (Å²) in [6, 6.07) is 18.4. The maximum Gasteiger partial charge on any atom is 0.573 e. The van der Waals surface area contributed by atoms with Gasteiger partial charge < -0.3 is 14.0 Å². The Hall–Kier alpha value is -3.98. The second kappa shape index (κ2) is 8.85. The minimum atomic E-state index is -4.83. The van der Waals surface area contributed by atoms with E-state index in [0.717, 1.165) is 27.8 Å². The zero-order valence-electron chi connectivity index (χ0n) is 19.7. The molecular formula is C27H20ClF3N2O4. The van der Waals surface area contributed by atoms with Crippen LogP contribution in [0, 0.1) is 6.92 Å². The predicted octanol–water partition coefficient (Wildman–Crippen LogP) is 6.70. The number of imide groups is 1. The topological polar surface area (TPSA) is 69.6 Å². The fourth-order valence-corrected chi connectivity index (χ4v) is 4.77. The van der Waals surface area contributed by atoms with Crippen molar-refractivity contribution < 1.29 is 32.2 Å². The Kier molecular flexibility index (Phi) is 5.91. The summed E-state index contributed by atoms with van der Waals surface area (Å²) in [5.41, 5.74) is 2.78. The first-order chi connectivity index (χ1) is 17.4.